The van der Waals surface area contributed by atoms with Gasteiger partial charge in [0.15, 0.2) is 11.2 Å². The molecule has 3 aromatic rings. The molecule has 0 unspecified atom stereocenters. The quantitative estimate of drug-likeness (QED) is 0.584. The van der Waals surface area contributed by atoms with Gasteiger partial charge >= 0.3 is 5.69 Å². The molecule has 1 saturated heterocycles. The van der Waals surface area contributed by atoms with Gasteiger partial charge in [0.05, 0.1) is 6.61 Å². The first kappa shape index (κ1) is 20.2. The molecule has 4 rings (SSSR count). The number of imidazole rings is 1. The van der Waals surface area contributed by atoms with Crippen molar-refractivity contribution in [2.45, 2.75) is 19.9 Å². The summed E-state index contributed by atoms with van der Waals surface area (Å²) in [5, 5.41) is 0. The van der Waals surface area contributed by atoms with Crippen molar-refractivity contribution in [1.82, 2.24) is 24.0 Å². The van der Waals surface area contributed by atoms with Crippen LogP contribution in [0, 0.1) is 0 Å². The summed E-state index contributed by atoms with van der Waals surface area (Å²) in [4.78, 5) is 36.4. The van der Waals surface area contributed by atoms with Crippen LogP contribution in [0.3, 0.4) is 0 Å². The lowest BCUT2D eigenvalue weighted by Gasteiger charge is -2.34. The summed E-state index contributed by atoms with van der Waals surface area (Å²) in [6.07, 6.45) is 0.713. The Morgan fingerprint density at radius 2 is 1.83 bits per heavy atom. The molecule has 1 N–H and O–H groups in total. The lowest BCUT2D eigenvalue weighted by molar-refractivity contribution is 0.268. The Balaban J connectivity index is 1.61. The molecule has 30 heavy (non-hydrogen) atoms. The van der Waals surface area contributed by atoms with Gasteiger partial charge in [-0.25, -0.2) is 4.79 Å². The fourth-order valence-corrected chi connectivity index (χ4v) is 3.87. The topological polar surface area (TPSA) is 88.4 Å². The number of anilines is 1. The van der Waals surface area contributed by atoms with E-state index < -0.39 is 11.2 Å². The highest BCUT2D eigenvalue weighted by molar-refractivity contribution is 5.74. The SMILES string of the molecule is CCN1CCN(c2nc3c(c(=O)[nH]c(=O)n3C)n2CCCOc2ccccc2)CC1. The number of aryl methyl sites for hydroxylation is 2. The first-order valence-electron chi connectivity index (χ1n) is 10.4. The number of nitrogens with one attached hydrogen (secondary N) is 1. The Bertz CT molecular complexity index is 1110. The molecule has 160 valence electrons. The van der Waals surface area contributed by atoms with Crippen LogP contribution in [0.1, 0.15) is 13.3 Å². The number of likely N-dealkylation sites (N-methyl/N-ethyl adjacent to an activating group) is 1. The Kier molecular flexibility index (Phi) is 5.89. The van der Waals surface area contributed by atoms with E-state index in [-0.39, 0.29) is 0 Å². The number of hydrogen-bond donors (Lipinski definition) is 1. The summed E-state index contributed by atoms with van der Waals surface area (Å²) in [7, 11) is 1.63. The van der Waals surface area contributed by atoms with Gasteiger partial charge in [-0.2, -0.15) is 4.98 Å². The second kappa shape index (κ2) is 8.74. The zero-order chi connectivity index (χ0) is 21.1. The first-order valence-corrected chi connectivity index (χ1v) is 10.4. The molecule has 1 aliphatic rings. The van der Waals surface area contributed by atoms with Gasteiger partial charge in [-0.15, -0.1) is 0 Å². The Hall–Kier alpha value is -3.07. The van der Waals surface area contributed by atoms with E-state index in [1.807, 2.05) is 34.9 Å². The monoisotopic (exact) mass is 412 g/mol. The number of H-pyrrole nitrogens is 1. The summed E-state index contributed by atoms with van der Waals surface area (Å²) in [5.74, 6) is 1.57. The van der Waals surface area contributed by atoms with E-state index in [9.17, 15) is 9.59 Å². The van der Waals surface area contributed by atoms with Gasteiger partial charge < -0.3 is 19.1 Å². The summed E-state index contributed by atoms with van der Waals surface area (Å²) in [6, 6.07) is 9.67. The van der Waals surface area contributed by atoms with Crippen molar-refractivity contribution >= 4 is 17.1 Å². The zero-order valence-electron chi connectivity index (χ0n) is 17.5. The highest BCUT2D eigenvalue weighted by Crippen LogP contribution is 2.21. The van der Waals surface area contributed by atoms with E-state index in [0.717, 1.165) is 44.4 Å². The van der Waals surface area contributed by atoms with Crippen molar-refractivity contribution in [2.24, 2.45) is 7.05 Å². The van der Waals surface area contributed by atoms with Crippen LogP contribution in [-0.4, -0.2) is 63.3 Å². The molecule has 2 aromatic heterocycles. The average Bonchev–Trinajstić information content (AvgIpc) is 3.16. The summed E-state index contributed by atoms with van der Waals surface area (Å²) in [5.41, 5.74) is 0.000293. The van der Waals surface area contributed by atoms with Crippen LogP contribution < -0.4 is 20.9 Å². The molecular weight excluding hydrogens is 384 g/mol. The van der Waals surface area contributed by atoms with Crippen LogP contribution in [0.5, 0.6) is 5.75 Å². The summed E-state index contributed by atoms with van der Waals surface area (Å²) >= 11 is 0. The number of aromatic amines is 1. The van der Waals surface area contributed by atoms with Crippen molar-refractivity contribution in [2.75, 3.05) is 44.2 Å². The molecule has 0 spiro atoms. The second-order valence-electron chi connectivity index (χ2n) is 7.49. The molecule has 0 amide bonds. The standard InChI is InChI=1S/C21H28N6O3/c1-3-25-11-13-26(14-12-25)20-22-18-17(19(28)23-21(29)24(18)2)27(20)10-7-15-30-16-8-5-4-6-9-16/h4-6,8-9H,3,7,10-15H2,1-2H3,(H,23,28,29). The largest absolute Gasteiger partial charge is 0.494 e. The number of hydrogen-bond acceptors (Lipinski definition) is 6. The van der Waals surface area contributed by atoms with Gasteiger partial charge in [-0.05, 0) is 25.1 Å². The molecule has 1 aromatic carbocycles. The highest BCUT2D eigenvalue weighted by atomic mass is 16.5. The number of para-hydroxylation sites is 1. The van der Waals surface area contributed by atoms with Gasteiger partial charge in [-0.1, -0.05) is 25.1 Å². The molecule has 1 fully saturated rings. The van der Waals surface area contributed by atoms with Crippen LogP contribution in [-0.2, 0) is 13.6 Å². The molecule has 0 saturated carbocycles. The van der Waals surface area contributed by atoms with E-state index in [4.69, 9.17) is 9.72 Å². The third kappa shape index (κ3) is 3.97. The van der Waals surface area contributed by atoms with Gasteiger partial charge in [0.2, 0.25) is 5.95 Å². The van der Waals surface area contributed by atoms with Gasteiger partial charge in [0, 0.05) is 39.8 Å². The fourth-order valence-electron chi connectivity index (χ4n) is 3.87. The number of piperazine rings is 1. The maximum absolute atomic E-state index is 12.6. The fraction of sp³-hybridized carbons (Fsp3) is 0.476. The number of benzene rings is 1. The van der Waals surface area contributed by atoms with Crippen LogP contribution >= 0.6 is 0 Å². The Labute approximate surface area is 174 Å². The zero-order valence-corrected chi connectivity index (χ0v) is 17.5. The smallest absolute Gasteiger partial charge is 0.329 e. The number of nitrogens with zero attached hydrogens (tertiary/aromatic N) is 5. The highest BCUT2D eigenvalue weighted by Gasteiger charge is 2.24. The molecule has 0 atom stereocenters. The van der Waals surface area contributed by atoms with Crippen molar-refractivity contribution in [3.8, 4) is 5.75 Å². The van der Waals surface area contributed by atoms with Crippen LogP contribution in [0.15, 0.2) is 39.9 Å². The average molecular weight is 412 g/mol. The van der Waals surface area contributed by atoms with Crippen LogP contribution in [0.4, 0.5) is 5.95 Å². The van der Waals surface area contributed by atoms with Crippen molar-refractivity contribution in [1.29, 1.82) is 0 Å². The molecular formula is C21H28N6O3. The van der Waals surface area contributed by atoms with Crippen molar-refractivity contribution in [3.63, 3.8) is 0 Å². The van der Waals surface area contributed by atoms with Crippen molar-refractivity contribution in [3.05, 3.63) is 51.2 Å². The maximum Gasteiger partial charge on any atom is 0.329 e. The number of ether oxygens (including phenoxy) is 1. The summed E-state index contributed by atoms with van der Waals surface area (Å²) < 4.78 is 9.14. The number of rotatable bonds is 7. The second-order valence-corrected chi connectivity index (χ2v) is 7.49. The minimum atomic E-state index is -0.452. The Morgan fingerprint density at radius 1 is 1.10 bits per heavy atom. The van der Waals surface area contributed by atoms with E-state index >= 15 is 0 Å². The minimum Gasteiger partial charge on any atom is -0.494 e. The van der Waals surface area contributed by atoms with E-state index in [0.29, 0.717) is 30.7 Å². The molecule has 0 aliphatic carbocycles. The van der Waals surface area contributed by atoms with E-state index in [2.05, 4.69) is 21.7 Å². The van der Waals surface area contributed by atoms with Crippen molar-refractivity contribution < 1.29 is 4.74 Å². The van der Waals surface area contributed by atoms with Crippen LogP contribution in [0.25, 0.3) is 11.2 Å². The van der Waals surface area contributed by atoms with Gasteiger partial charge in [0.1, 0.15) is 5.75 Å². The molecule has 0 radical (unpaired) electrons. The number of fused-ring (bicyclic) bond motifs is 1. The van der Waals surface area contributed by atoms with Gasteiger partial charge in [-0.3, -0.25) is 14.3 Å². The number of aromatic nitrogens is 4. The maximum atomic E-state index is 12.6. The lowest BCUT2D eigenvalue weighted by Crippen LogP contribution is -2.47. The molecule has 0 bridgehead atoms. The summed E-state index contributed by atoms with van der Waals surface area (Å²) in [6.45, 7) is 7.86. The first-order chi connectivity index (χ1) is 14.6. The van der Waals surface area contributed by atoms with Gasteiger partial charge in [0.25, 0.3) is 5.56 Å². The predicted molar refractivity (Wildman–Crippen MR) is 116 cm³/mol. The lowest BCUT2D eigenvalue weighted by atomic mass is 10.3. The predicted octanol–water partition coefficient (Wildman–Crippen LogP) is 1.03. The third-order valence-electron chi connectivity index (χ3n) is 5.63. The molecule has 9 nitrogen and oxygen atoms in total. The van der Waals surface area contributed by atoms with E-state index in [1.165, 1.54) is 4.57 Å². The normalized spacial score (nSPS) is 15.1. The molecule has 9 heteroatoms. The minimum absolute atomic E-state index is 0.400. The Morgan fingerprint density at radius 3 is 2.53 bits per heavy atom. The van der Waals surface area contributed by atoms with E-state index in [1.54, 1.807) is 7.05 Å². The molecule has 3 heterocycles. The third-order valence-corrected chi connectivity index (χ3v) is 5.63. The van der Waals surface area contributed by atoms with Crippen LogP contribution in [0.2, 0.25) is 0 Å². The molecule has 1 aliphatic heterocycles.